The van der Waals surface area contributed by atoms with Crippen LogP contribution in [0.2, 0.25) is 0 Å². The first-order valence-electron chi connectivity index (χ1n) is 8.26. The molecular weight excluding hydrogens is 278 g/mol. The van der Waals surface area contributed by atoms with Crippen molar-refractivity contribution in [2.24, 2.45) is 0 Å². The Labute approximate surface area is 133 Å². The van der Waals surface area contributed by atoms with E-state index in [1.807, 2.05) is 13.8 Å². The van der Waals surface area contributed by atoms with Crippen LogP contribution in [0.25, 0.3) is 0 Å². The summed E-state index contributed by atoms with van der Waals surface area (Å²) < 4.78 is 5.66. The van der Waals surface area contributed by atoms with Gasteiger partial charge in [0.05, 0.1) is 12.2 Å². The van der Waals surface area contributed by atoms with Gasteiger partial charge in [-0.2, -0.15) is 5.26 Å². The zero-order chi connectivity index (χ0) is 16.3. The summed E-state index contributed by atoms with van der Waals surface area (Å²) >= 11 is 0. The van der Waals surface area contributed by atoms with Crippen LogP contribution in [0.3, 0.4) is 0 Å². The average Bonchev–Trinajstić information content (AvgIpc) is 2.45. The highest BCUT2D eigenvalue weighted by atomic mass is 16.5. The minimum atomic E-state index is -0.172. The summed E-state index contributed by atoms with van der Waals surface area (Å²) in [5, 5.41) is 9.44. The van der Waals surface area contributed by atoms with Crippen LogP contribution in [-0.2, 0) is 9.53 Å². The molecule has 5 heteroatoms. The first kappa shape index (κ1) is 16.8. The Hall–Kier alpha value is -1.54. The van der Waals surface area contributed by atoms with E-state index in [0.29, 0.717) is 25.2 Å². The molecule has 2 aliphatic rings. The van der Waals surface area contributed by atoms with Gasteiger partial charge in [0.25, 0.3) is 5.91 Å². The van der Waals surface area contributed by atoms with Gasteiger partial charge < -0.3 is 14.5 Å². The van der Waals surface area contributed by atoms with E-state index >= 15 is 0 Å². The van der Waals surface area contributed by atoms with Gasteiger partial charge in [-0.25, -0.2) is 0 Å². The molecule has 0 aliphatic carbocycles. The SMILES string of the molecule is CC1CN(C(=O)/C(C#N)=C\N2C(C)CCCC2C)CC(C)O1. The summed E-state index contributed by atoms with van der Waals surface area (Å²) in [5.74, 6) is -0.172. The van der Waals surface area contributed by atoms with Gasteiger partial charge in [0.1, 0.15) is 11.6 Å². The van der Waals surface area contributed by atoms with E-state index in [2.05, 4.69) is 24.8 Å². The van der Waals surface area contributed by atoms with Crippen LogP contribution in [0.15, 0.2) is 11.8 Å². The number of piperidine rings is 1. The van der Waals surface area contributed by atoms with E-state index in [1.54, 1.807) is 11.1 Å². The minimum absolute atomic E-state index is 0.0143. The molecular formula is C17H27N3O2. The Morgan fingerprint density at radius 1 is 1.14 bits per heavy atom. The summed E-state index contributed by atoms with van der Waals surface area (Å²) in [6, 6.07) is 2.86. The monoisotopic (exact) mass is 305 g/mol. The van der Waals surface area contributed by atoms with Gasteiger partial charge >= 0.3 is 0 Å². The van der Waals surface area contributed by atoms with Crippen LogP contribution in [0.4, 0.5) is 0 Å². The highest BCUT2D eigenvalue weighted by Gasteiger charge is 2.29. The molecule has 0 saturated carbocycles. The minimum Gasteiger partial charge on any atom is -0.372 e. The fourth-order valence-corrected chi connectivity index (χ4v) is 3.49. The number of morpholine rings is 1. The van der Waals surface area contributed by atoms with Crippen molar-refractivity contribution in [2.75, 3.05) is 13.1 Å². The number of amides is 1. The third-order valence-electron chi connectivity index (χ3n) is 4.60. The zero-order valence-corrected chi connectivity index (χ0v) is 14.1. The number of hydrogen-bond donors (Lipinski definition) is 0. The third-order valence-corrected chi connectivity index (χ3v) is 4.60. The third kappa shape index (κ3) is 3.80. The second kappa shape index (κ2) is 7.15. The molecule has 0 radical (unpaired) electrons. The molecule has 0 bridgehead atoms. The fourth-order valence-electron chi connectivity index (χ4n) is 3.49. The van der Waals surface area contributed by atoms with Crippen LogP contribution >= 0.6 is 0 Å². The molecule has 5 nitrogen and oxygen atoms in total. The first-order chi connectivity index (χ1) is 10.4. The molecule has 2 saturated heterocycles. The Bertz CT molecular complexity index is 463. The molecule has 122 valence electrons. The maximum atomic E-state index is 12.7. The van der Waals surface area contributed by atoms with E-state index in [4.69, 9.17) is 4.74 Å². The Balaban J connectivity index is 2.14. The molecule has 0 aromatic carbocycles. The van der Waals surface area contributed by atoms with Crippen LogP contribution in [0, 0.1) is 11.3 Å². The van der Waals surface area contributed by atoms with Gasteiger partial charge in [0.15, 0.2) is 0 Å². The van der Waals surface area contributed by atoms with E-state index in [-0.39, 0.29) is 23.7 Å². The maximum absolute atomic E-state index is 12.7. The van der Waals surface area contributed by atoms with Crippen molar-refractivity contribution in [1.82, 2.24) is 9.80 Å². The van der Waals surface area contributed by atoms with Gasteiger partial charge in [0.2, 0.25) is 0 Å². The molecule has 2 fully saturated rings. The van der Waals surface area contributed by atoms with Crippen molar-refractivity contribution in [3.05, 3.63) is 11.8 Å². The molecule has 22 heavy (non-hydrogen) atoms. The number of carbonyl (C=O) groups is 1. The summed E-state index contributed by atoms with van der Waals surface area (Å²) in [6.07, 6.45) is 5.24. The van der Waals surface area contributed by atoms with Crippen molar-refractivity contribution in [3.63, 3.8) is 0 Å². The topological polar surface area (TPSA) is 56.6 Å². The van der Waals surface area contributed by atoms with E-state index in [0.717, 1.165) is 12.8 Å². The number of nitriles is 1. The predicted molar refractivity (Wildman–Crippen MR) is 84.9 cm³/mol. The molecule has 0 aromatic rings. The fraction of sp³-hybridized carbons (Fsp3) is 0.765. The summed E-state index contributed by atoms with van der Waals surface area (Å²) in [7, 11) is 0. The second-order valence-electron chi connectivity index (χ2n) is 6.70. The van der Waals surface area contributed by atoms with Gasteiger partial charge in [-0.3, -0.25) is 4.79 Å². The molecule has 2 heterocycles. The van der Waals surface area contributed by atoms with Gasteiger partial charge in [-0.15, -0.1) is 0 Å². The molecule has 4 unspecified atom stereocenters. The lowest BCUT2D eigenvalue weighted by molar-refractivity contribution is -0.138. The number of rotatable bonds is 2. The number of likely N-dealkylation sites (tertiary alicyclic amines) is 1. The Morgan fingerprint density at radius 2 is 1.68 bits per heavy atom. The van der Waals surface area contributed by atoms with Crippen LogP contribution in [0.1, 0.15) is 47.0 Å². The first-order valence-corrected chi connectivity index (χ1v) is 8.26. The highest BCUT2D eigenvalue weighted by Crippen LogP contribution is 2.24. The van der Waals surface area contributed by atoms with Crippen molar-refractivity contribution >= 4 is 5.91 Å². The molecule has 4 atom stereocenters. The van der Waals surface area contributed by atoms with Crippen molar-refractivity contribution in [3.8, 4) is 6.07 Å². The lowest BCUT2D eigenvalue weighted by Gasteiger charge is -2.39. The lowest BCUT2D eigenvalue weighted by atomic mass is 9.98. The zero-order valence-electron chi connectivity index (χ0n) is 14.1. The van der Waals surface area contributed by atoms with Crippen LogP contribution in [-0.4, -0.2) is 53.1 Å². The molecule has 2 rings (SSSR count). The lowest BCUT2D eigenvalue weighted by Crippen LogP contribution is -2.49. The van der Waals surface area contributed by atoms with Crippen molar-refractivity contribution in [1.29, 1.82) is 5.26 Å². The normalized spacial score (nSPS) is 33.5. The van der Waals surface area contributed by atoms with E-state index in [9.17, 15) is 10.1 Å². The molecule has 0 spiro atoms. The van der Waals surface area contributed by atoms with Gasteiger partial charge in [-0.05, 0) is 47.0 Å². The Morgan fingerprint density at radius 3 is 2.18 bits per heavy atom. The molecule has 1 amide bonds. The molecule has 0 N–H and O–H groups in total. The maximum Gasteiger partial charge on any atom is 0.266 e. The van der Waals surface area contributed by atoms with Gasteiger partial charge in [0, 0.05) is 31.4 Å². The predicted octanol–water partition coefficient (Wildman–Crippen LogP) is 2.29. The van der Waals surface area contributed by atoms with Crippen molar-refractivity contribution < 1.29 is 9.53 Å². The summed E-state index contributed by atoms with van der Waals surface area (Å²) in [4.78, 5) is 16.6. The largest absolute Gasteiger partial charge is 0.372 e. The summed E-state index contributed by atoms with van der Waals surface area (Å²) in [6.45, 7) is 9.33. The number of hydrogen-bond acceptors (Lipinski definition) is 4. The Kier molecular flexibility index (Phi) is 5.47. The highest BCUT2D eigenvalue weighted by molar-refractivity contribution is 5.97. The standard InChI is InChI=1S/C17H27N3O2/c1-12-6-5-7-13(2)20(12)11-16(8-18)17(21)19-9-14(3)22-15(4)10-19/h11-15H,5-7,9-10H2,1-4H3/b16-11-. The molecule has 2 aliphatic heterocycles. The number of nitrogens with zero attached hydrogens (tertiary/aromatic N) is 3. The quantitative estimate of drug-likeness (QED) is 0.580. The van der Waals surface area contributed by atoms with Gasteiger partial charge in [-0.1, -0.05) is 0 Å². The second-order valence-corrected chi connectivity index (χ2v) is 6.70. The number of ether oxygens (including phenoxy) is 1. The van der Waals surface area contributed by atoms with Crippen molar-refractivity contribution in [2.45, 2.75) is 71.2 Å². The average molecular weight is 305 g/mol. The number of carbonyl (C=O) groups excluding carboxylic acids is 1. The van der Waals surface area contributed by atoms with E-state index < -0.39 is 0 Å². The van der Waals surface area contributed by atoms with Crippen LogP contribution < -0.4 is 0 Å². The summed E-state index contributed by atoms with van der Waals surface area (Å²) in [5.41, 5.74) is 0.238. The van der Waals surface area contributed by atoms with Crippen LogP contribution in [0.5, 0.6) is 0 Å². The van der Waals surface area contributed by atoms with E-state index in [1.165, 1.54) is 6.42 Å². The smallest absolute Gasteiger partial charge is 0.266 e. The molecule has 0 aromatic heterocycles.